The van der Waals surface area contributed by atoms with Crippen molar-refractivity contribution in [3.63, 3.8) is 0 Å². The zero-order valence-corrected chi connectivity index (χ0v) is 14.0. The predicted molar refractivity (Wildman–Crippen MR) is 87.0 cm³/mol. The maximum atomic E-state index is 11.9. The van der Waals surface area contributed by atoms with E-state index in [1.807, 2.05) is 0 Å². The smallest absolute Gasteiger partial charge is 0.320 e. The Morgan fingerprint density at radius 1 is 1.29 bits per heavy atom. The monoisotopic (exact) mass is 340 g/mol. The van der Waals surface area contributed by atoms with Crippen molar-refractivity contribution in [2.24, 2.45) is 5.73 Å². The number of aliphatic carboxylic acids is 1. The van der Waals surface area contributed by atoms with Gasteiger partial charge in [-0.3, -0.25) is 9.59 Å². The molecule has 0 spiro atoms. The van der Waals surface area contributed by atoms with Crippen molar-refractivity contribution in [1.82, 2.24) is 5.32 Å². The Kier molecular flexibility index (Phi) is 7.47. The number of methoxy groups -OCH3 is 2. The van der Waals surface area contributed by atoms with Gasteiger partial charge >= 0.3 is 5.97 Å². The minimum Gasteiger partial charge on any atom is -0.497 e. The predicted octanol–water partition coefficient (Wildman–Crippen LogP) is 0.434. The number of ether oxygens (including phenoxy) is 2. The summed E-state index contributed by atoms with van der Waals surface area (Å²) in [4.78, 5) is 22.5. The van der Waals surface area contributed by atoms with E-state index in [0.29, 0.717) is 17.1 Å². The average molecular weight is 340 g/mol. The lowest BCUT2D eigenvalue weighted by Gasteiger charge is -2.23. The summed E-state index contributed by atoms with van der Waals surface area (Å²) in [5.41, 5.74) is 5.84. The van der Waals surface area contributed by atoms with E-state index in [9.17, 15) is 14.7 Å². The standard InChI is InChI=1S/C16H24N2O6/c1-9(18-14(19)7-5-12(17)16(21)22)15(20)11-8-10(23-2)4-6-13(11)24-3/h4,6,8-9,12,15,20H,5,7,17H2,1-3H3,(H,18,19)(H,21,22)/t9-,12-,15-/m0/s1. The topological polar surface area (TPSA) is 131 Å². The summed E-state index contributed by atoms with van der Waals surface area (Å²) in [5.74, 6) is -0.523. The second-order valence-electron chi connectivity index (χ2n) is 5.39. The summed E-state index contributed by atoms with van der Waals surface area (Å²) >= 11 is 0. The summed E-state index contributed by atoms with van der Waals surface area (Å²) in [6.07, 6.45) is -1.04. The molecule has 0 fully saturated rings. The lowest BCUT2D eigenvalue weighted by atomic mass is 10.0. The van der Waals surface area contributed by atoms with Crippen molar-refractivity contribution in [3.05, 3.63) is 23.8 Å². The lowest BCUT2D eigenvalue weighted by molar-refractivity contribution is -0.138. The van der Waals surface area contributed by atoms with E-state index in [1.54, 1.807) is 25.1 Å². The van der Waals surface area contributed by atoms with Gasteiger partial charge in [-0.2, -0.15) is 0 Å². The highest BCUT2D eigenvalue weighted by atomic mass is 16.5. The molecule has 0 radical (unpaired) electrons. The van der Waals surface area contributed by atoms with E-state index in [0.717, 1.165) is 0 Å². The van der Waals surface area contributed by atoms with Crippen LogP contribution >= 0.6 is 0 Å². The quantitative estimate of drug-likeness (QED) is 0.513. The van der Waals surface area contributed by atoms with Gasteiger partial charge in [-0.05, 0) is 31.5 Å². The third-order valence-corrected chi connectivity index (χ3v) is 3.62. The number of carboxylic acid groups (broad SMARTS) is 1. The molecule has 0 aliphatic heterocycles. The first kappa shape index (κ1) is 19.7. The first-order valence-corrected chi connectivity index (χ1v) is 7.47. The SMILES string of the molecule is COc1ccc(OC)c([C@@H](O)[C@H](C)NC(=O)CC[C@H](N)C(=O)O)c1. The average Bonchev–Trinajstić information content (AvgIpc) is 2.57. The van der Waals surface area contributed by atoms with Gasteiger partial charge in [-0.15, -0.1) is 0 Å². The van der Waals surface area contributed by atoms with Crippen LogP contribution in [0.15, 0.2) is 18.2 Å². The van der Waals surface area contributed by atoms with Gasteiger partial charge in [0, 0.05) is 12.0 Å². The number of hydrogen-bond acceptors (Lipinski definition) is 6. The maximum Gasteiger partial charge on any atom is 0.320 e. The Hall–Kier alpha value is -2.32. The molecule has 0 saturated carbocycles. The van der Waals surface area contributed by atoms with Gasteiger partial charge in [-0.1, -0.05) is 0 Å². The minimum absolute atomic E-state index is 0.0203. The highest BCUT2D eigenvalue weighted by Crippen LogP contribution is 2.31. The van der Waals surface area contributed by atoms with Gasteiger partial charge in [0.1, 0.15) is 23.6 Å². The van der Waals surface area contributed by atoms with Crippen LogP contribution in [0.5, 0.6) is 11.5 Å². The second-order valence-corrected chi connectivity index (χ2v) is 5.39. The normalized spacial score (nSPS) is 14.4. The van der Waals surface area contributed by atoms with Gasteiger partial charge in [0.25, 0.3) is 0 Å². The fourth-order valence-electron chi connectivity index (χ4n) is 2.15. The first-order chi connectivity index (χ1) is 11.3. The van der Waals surface area contributed by atoms with Crippen LogP contribution in [-0.2, 0) is 9.59 Å². The fraction of sp³-hybridized carbons (Fsp3) is 0.500. The summed E-state index contributed by atoms with van der Waals surface area (Å²) in [6, 6.07) is 3.30. The number of amides is 1. The highest BCUT2D eigenvalue weighted by molar-refractivity contribution is 5.78. The molecule has 5 N–H and O–H groups in total. The number of aliphatic hydroxyl groups excluding tert-OH is 1. The molecule has 0 saturated heterocycles. The molecule has 0 heterocycles. The van der Waals surface area contributed by atoms with E-state index in [2.05, 4.69) is 5.32 Å². The number of carboxylic acids is 1. The molecule has 0 unspecified atom stereocenters. The molecule has 1 rings (SSSR count). The van der Waals surface area contributed by atoms with Crippen LogP contribution in [-0.4, -0.2) is 48.4 Å². The van der Waals surface area contributed by atoms with Crippen molar-refractivity contribution in [1.29, 1.82) is 0 Å². The Morgan fingerprint density at radius 2 is 1.96 bits per heavy atom. The van der Waals surface area contributed by atoms with E-state index < -0.39 is 24.2 Å². The Labute approximate surface area is 140 Å². The van der Waals surface area contributed by atoms with Crippen molar-refractivity contribution in [3.8, 4) is 11.5 Å². The zero-order chi connectivity index (χ0) is 18.3. The molecular formula is C16H24N2O6. The molecule has 134 valence electrons. The number of nitrogens with one attached hydrogen (secondary N) is 1. The molecule has 8 heteroatoms. The van der Waals surface area contributed by atoms with Gasteiger partial charge in [0.2, 0.25) is 5.91 Å². The Bertz CT molecular complexity index is 578. The molecule has 0 aliphatic rings. The van der Waals surface area contributed by atoms with E-state index >= 15 is 0 Å². The number of carbonyl (C=O) groups is 2. The van der Waals surface area contributed by atoms with Crippen molar-refractivity contribution in [2.75, 3.05) is 14.2 Å². The summed E-state index contributed by atoms with van der Waals surface area (Å²) in [6.45, 7) is 1.64. The number of nitrogens with two attached hydrogens (primary N) is 1. The zero-order valence-electron chi connectivity index (χ0n) is 14.0. The number of rotatable bonds is 9. The molecule has 1 aromatic rings. The molecular weight excluding hydrogens is 316 g/mol. The number of benzene rings is 1. The molecule has 1 aromatic carbocycles. The Morgan fingerprint density at radius 3 is 2.50 bits per heavy atom. The van der Waals surface area contributed by atoms with E-state index in [1.165, 1.54) is 14.2 Å². The van der Waals surface area contributed by atoms with Gasteiger partial charge < -0.3 is 30.7 Å². The fourth-order valence-corrected chi connectivity index (χ4v) is 2.15. The van der Waals surface area contributed by atoms with Crippen molar-refractivity contribution in [2.45, 2.75) is 38.0 Å². The van der Waals surface area contributed by atoms with Crippen molar-refractivity contribution >= 4 is 11.9 Å². The summed E-state index contributed by atoms with van der Waals surface area (Å²) in [7, 11) is 2.99. The lowest BCUT2D eigenvalue weighted by Crippen LogP contribution is -2.38. The minimum atomic E-state index is -1.16. The van der Waals surface area contributed by atoms with Crippen LogP contribution in [0.2, 0.25) is 0 Å². The number of hydrogen-bond donors (Lipinski definition) is 4. The third kappa shape index (κ3) is 5.39. The maximum absolute atomic E-state index is 11.9. The van der Waals surface area contributed by atoms with Crippen LogP contribution in [0.25, 0.3) is 0 Å². The van der Waals surface area contributed by atoms with Crippen LogP contribution in [0, 0.1) is 0 Å². The number of carbonyl (C=O) groups excluding carboxylic acids is 1. The molecule has 0 aliphatic carbocycles. The molecule has 1 amide bonds. The first-order valence-electron chi connectivity index (χ1n) is 7.47. The molecule has 0 aromatic heterocycles. The highest BCUT2D eigenvalue weighted by Gasteiger charge is 2.23. The van der Waals surface area contributed by atoms with Gasteiger partial charge in [0.05, 0.1) is 20.3 Å². The van der Waals surface area contributed by atoms with Crippen LogP contribution in [0.4, 0.5) is 0 Å². The Balaban J connectivity index is 2.72. The summed E-state index contributed by atoms with van der Waals surface area (Å²) < 4.78 is 10.3. The largest absolute Gasteiger partial charge is 0.497 e. The van der Waals surface area contributed by atoms with Crippen LogP contribution in [0.3, 0.4) is 0 Å². The van der Waals surface area contributed by atoms with Gasteiger partial charge in [-0.25, -0.2) is 0 Å². The van der Waals surface area contributed by atoms with E-state index in [4.69, 9.17) is 20.3 Å². The molecule has 24 heavy (non-hydrogen) atoms. The van der Waals surface area contributed by atoms with Crippen LogP contribution in [0.1, 0.15) is 31.4 Å². The van der Waals surface area contributed by atoms with Crippen LogP contribution < -0.4 is 20.5 Å². The third-order valence-electron chi connectivity index (χ3n) is 3.62. The summed E-state index contributed by atoms with van der Waals surface area (Å²) in [5, 5.41) is 21.8. The number of aliphatic hydroxyl groups is 1. The van der Waals surface area contributed by atoms with Crippen molar-refractivity contribution < 1.29 is 29.3 Å². The molecule has 3 atom stereocenters. The second kappa shape index (κ2) is 9.09. The van der Waals surface area contributed by atoms with Gasteiger partial charge in [0.15, 0.2) is 0 Å². The molecule has 0 bridgehead atoms. The van der Waals surface area contributed by atoms with E-state index in [-0.39, 0.29) is 18.7 Å². The molecule has 8 nitrogen and oxygen atoms in total.